The van der Waals surface area contributed by atoms with Gasteiger partial charge in [-0.1, -0.05) is 18.2 Å². The maximum absolute atomic E-state index is 12.9. The Kier molecular flexibility index (Phi) is 5.32. The molecule has 164 valence electrons. The lowest BCUT2D eigenvalue weighted by Gasteiger charge is -2.45. The zero-order valence-electron chi connectivity index (χ0n) is 18.1. The number of hydrogen-bond donors (Lipinski definition) is 1. The molecule has 31 heavy (non-hydrogen) atoms. The molecule has 0 saturated carbocycles. The van der Waals surface area contributed by atoms with E-state index < -0.39 is 0 Å². The number of amides is 2. The molecule has 7 heteroatoms. The zero-order valence-corrected chi connectivity index (χ0v) is 18.1. The molecule has 7 nitrogen and oxygen atoms in total. The Bertz CT molecular complexity index is 990. The van der Waals surface area contributed by atoms with Gasteiger partial charge in [0.05, 0.1) is 18.9 Å². The number of piperidine rings is 1. The number of nitrogens with zero attached hydrogens (tertiary/aromatic N) is 3. The number of aromatic nitrogens is 1. The highest BCUT2D eigenvalue weighted by atomic mass is 16.5. The fraction of sp³-hybridized carbons (Fsp3) is 0.500. The third kappa shape index (κ3) is 4.00. The Labute approximate surface area is 183 Å². The summed E-state index contributed by atoms with van der Waals surface area (Å²) in [5, 5.41) is 2.72. The number of anilines is 1. The Morgan fingerprint density at radius 3 is 2.68 bits per heavy atom. The molecule has 3 aliphatic heterocycles. The molecule has 2 amide bonds. The number of ether oxygens (including phenoxy) is 1. The van der Waals surface area contributed by atoms with E-state index in [1.807, 2.05) is 4.90 Å². The van der Waals surface area contributed by atoms with Crippen molar-refractivity contribution in [1.29, 1.82) is 0 Å². The lowest BCUT2D eigenvalue weighted by Crippen LogP contribution is -2.53. The van der Waals surface area contributed by atoms with Crippen LogP contribution in [0.1, 0.15) is 49.3 Å². The van der Waals surface area contributed by atoms with Crippen LogP contribution in [0.5, 0.6) is 0 Å². The molecule has 0 bridgehead atoms. The summed E-state index contributed by atoms with van der Waals surface area (Å²) < 4.78 is 7.14. The topological polar surface area (TPSA) is 66.8 Å². The highest BCUT2D eigenvalue weighted by Crippen LogP contribution is 2.39. The Hall–Kier alpha value is -2.64. The van der Waals surface area contributed by atoms with E-state index in [-0.39, 0.29) is 17.5 Å². The van der Waals surface area contributed by atoms with Crippen molar-refractivity contribution in [2.75, 3.05) is 25.0 Å². The molecule has 2 saturated heterocycles. The van der Waals surface area contributed by atoms with Gasteiger partial charge < -0.3 is 15.0 Å². The van der Waals surface area contributed by atoms with Crippen LogP contribution >= 0.6 is 0 Å². The Morgan fingerprint density at radius 1 is 1.06 bits per heavy atom. The van der Waals surface area contributed by atoms with Crippen LogP contribution in [0.2, 0.25) is 0 Å². The van der Waals surface area contributed by atoms with Crippen LogP contribution in [0.4, 0.5) is 10.5 Å². The second kappa shape index (κ2) is 8.13. The highest BCUT2D eigenvalue weighted by Gasteiger charge is 2.43. The SMILES string of the molecule is CC(=O)Nc1ccn(C(=O)N2CCC3(CCCN3Cc3ccc4c(c3)COC4)CC2)c1. The molecule has 4 heterocycles. The van der Waals surface area contributed by atoms with E-state index in [4.69, 9.17) is 4.74 Å². The van der Waals surface area contributed by atoms with Gasteiger partial charge in [-0.25, -0.2) is 4.79 Å². The molecule has 2 fully saturated rings. The van der Waals surface area contributed by atoms with Gasteiger partial charge in [0, 0.05) is 44.5 Å². The number of carbonyl (C=O) groups is 2. The van der Waals surface area contributed by atoms with Crippen molar-refractivity contribution in [1.82, 2.24) is 14.4 Å². The molecule has 1 aromatic heterocycles. The monoisotopic (exact) mass is 422 g/mol. The molecule has 2 aromatic rings. The average molecular weight is 423 g/mol. The van der Waals surface area contributed by atoms with Gasteiger partial charge in [-0.05, 0) is 55.0 Å². The first-order valence-corrected chi connectivity index (χ1v) is 11.2. The molecular weight excluding hydrogens is 392 g/mol. The summed E-state index contributed by atoms with van der Waals surface area (Å²) in [5.41, 5.74) is 4.86. The molecule has 1 N–H and O–H groups in total. The van der Waals surface area contributed by atoms with Gasteiger partial charge in [0.25, 0.3) is 0 Å². The highest BCUT2D eigenvalue weighted by molar-refractivity contribution is 5.89. The Balaban J connectivity index is 1.22. The number of nitrogens with one attached hydrogen (secondary N) is 1. The molecule has 1 spiro atoms. The summed E-state index contributed by atoms with van der Waals surface area (Å²) in [6.45, 7) is 6.56. The summed E-state index contributed by atoms with van der Waals surface area (Å²) in [5.74, 6) is -0.137. The van der Waals surface area contributed by atoms with Crippen molar-refractivity contribution >= 4 is 17.6 Å². The van der Waals surface area contributed by atoms with Gasteiger partial charge in [-0.15, -0.1) is 0 Å². The van der Waals surface area contributed by atoms with E-state index in [9.17, 15) is 9.59 Å². The summed E-state index contributed by atoms with van der Waals surface area (Å²) in [7, 11) is 0. The van der Waals surface area contributed by atoms with Crippen molar-refractivity contribution in [2.24, 2.45) is 0 Å². The first-order valence-electron chi connectivity index (χ1n) is 11.2. The van der Waals surface area contributed by atoms with E-state index in [1.165, 1.54) is 36.5 Å². The molecule has 0 unspecified atom stereocenters. The lowest BCUT2D eigenvalue weighted by atomic mass is 9.84. The lowest BCUT2D eigenvalue weighted by molar-refractivity contribution is -0.114. The fourth-order valence-corrected chi connectivity index (χ4v) is 5.42. The van der Waals surface area contributed by atoms with Crippen LogP contribution in [0, 0.1) is 0 Å². The summed E-state index contributed by atoms with van der Waals surface area (Å²) in [6, 6.07) is 8.51. The van der Waals surface area contributed by atoms with E-state index in [1.54, 1.807) is 23.0 Å². The van der Waals surface area contributed by atoms with Gasteiger partial charge in [-0.3, -0.25) is 14.3 Å². The van der Waals surface area contributed by atoms with Gasteiger partial charge >= 0.3 is 6.03 Å². The first-order chi connectivity index (χ1) is 15.0. The number of fused-ring (bicyclic) bond motifs is 1. The molecule has 0 atom stereocenters. The summed E-state index contributed by atoms with van der Waals surface area (Å²) in [6.07, 6.45) is 7.85. The minimum atomic E-state index is -0.137. The maximum atomic E-state index is 12.9. The van der Waals surface area contributed by atoms with Gasteiger partial charge in [0.2, 0.25) is 5.91 Å². The van der Waals surface area contributed by atoms with Crippen molar-refractivity contribution in [3.8, 4) is 0 Å². The van der Waals surface area contributed by atoms with Gasteiger partial charge in [0.1, 0.15) is 0 Å². The Morgan fingerprint density at radius 2 is 1.87 bits per heavy atom. The normalized spacial score (nSPS) is 20.2. The van der Waals surface area contributed by atoms with Gasteiger partial charge in [-0.2, -0.15) is 0 Å². The van der Waals surface area contributed by atoms with Crippen LogP contribution in [0.15, 0.2) is 36.7 Å². The third-order valence-electron chi connectivity index (χ3n) is 7.10. The second-order valence-corrected chi connectivity index (χ2v) is 9.10. The number of benzene rings is 1. The number of carbonyl (C=O) groups excluding carboxylic acids is 2. The van der Waals surface area contributed by atoms with Crippen molar-refractivity contribution < 1.29 is 14.3 Å². The number of hydrogen-bond acceptors (Lipinski definition) is 4. The van der Waals surface area contributed by atoms with Crippen molar-refractivity contribution in [3.63, 3.8) is 0 Å². The number of rotatable bonds is 3. The van der Waals surface area contributed by atoms with Crippen LogP contribution in [-0.4, -0.2) is 51.5 Å². The molecule has 3 aliphatic rings. The molecular formula is C24H30N4O3. The largest absolute Gasteiger partial charge is 0.372 e. The molecule has 1 aromatic carbocycles. The standard InChI is InChI=1S/C24H30N4O3/c1-18(29)25-22-5-10-27(15-22)23(30)26-11-7-24(8-12-26)6-2-9-28(24)14-19-3-4-20-16-31-17-21(20)13-19/h3-5,10,13,15H,2,6-9,11-12,14,16-17H2,1H3,(H,25,29). The molecule has 0 aliphatic carbocycles. The first kappa shape index (κ1) is 20.3. The summed E-state index contributed by atoms with van der Waals surface area (Å²) >= 11 is 0. The van der Waals surface area contributed by atoms with E-state index >= 15 is 0 Å². The minimum absolute atomic E-state index is 0.0189. The van der Waals surface area contributed by atoms with E-state index in [2.05, 4.69) is 28.4 Å². The van der Waals surface area contributed by atoms with E-state index in [0.717, 1.165) is 52.2 Å². The minimum Gasteiger partial charge on any atom is -0.372 e. The van der Waals surface area contributed by atoms with Crippen LogP contribution in [0.25, 0.3) is 0 Å². The van der Waals surface area contributed by atoms with E-state index in [0.29, 0.717) is 5.69 Å². The van der Waals surface area contributed by atoms with Gasteiger partial charge in [0.15, 0.2) is 0 Å². The quantitative estimate of drug-likeness (QED) is 0.821. The third-order valence-corrected chi connectivity index (χ3v) is 7.10. The molecule has 5 rings (SSSR count). The maximum Gasteiger partial charge on any atom is 0.328 e. The fourth-order valence-electron chi connectivity index (χ4n) is 5.42. The van der Waals surface area contributed by atoms with Crippen LogP contribution < -0.4 is 5.32 Å². The second-order valence-electron chi connectivity index (χ2n) is 9.10. The predicted octanol–water partition coefficient (Wildman–Crippen LogP) is 3.58. The smallest absolute Gasteiger partial charge is 0.328 e. The van der Waals surface area contributed by atoms with Crippen molar-refractivity contribution in [2.45, 2.75) is 57.9 Å². The summed E-state index contributed by atoms with van der Waals surface area (Å²) in [4.78, 5) is 28.7. The van der Waals surface area contributed by atoms with Crippen LogP contribution in [0.3, 0.4) is 0 Å². The predicted molar refractivity (Wildman–Crippen MR) is 118 cm³/mol. The van der Waals surface area contributed by atoms with Crippen LogP contribution in [-0.2, 0) is 29.3 Å². The zero-order chi connectivity index (χ0) is 21.4. The molecule has 0 radical (unpaired) electrons. The van der Waals surface area contributed by atoms with Crippen molar-refractivity contribution in [3.05, 3.63) is 53.3 Å². The number of likely N-dealkylation sites (tertiary alicyclic amines) is 2. The average Bonchev–Trinajstić information content (AvgIpc) is 3.49.